The molecule has 2 saturated heterocycles. The monoisotopic (exact) mass is 529 g/mol. The number of imide groups is 1. The third-order valence-electron chi connectivity index (χ3n) is 7.47. The number of methoxy groups -OCH3 is 1. The highest BCUT2D eigenvalue weighted by molar-refractivity contribution is 6.30. The molecule has 9 nitrogen and oxygen atoms in total. The van der Waals surface area contributed by atoms with Crippen molar-refractivity contribution in [2.45, 2.75) is 12.1 Å². The number of Topliss-reactive ketones (excluding diaryl/α,β-unsaturated/α-hetero) is 1. The van der Waals surface area contributed by atoms with Gasteiger partial charge in [0.15, 0.2) is 5.78 Å². The molecule has 190 valence electrons. The van der Waals surface area contributed by atoms with Gasteiger partial charge in [0.1, 0.15) is 17.5 Å². The van der Waals surface area contributed by atoms with Crippen molar-refractivity contribution in [3.63, 3.8) is 0 Å². The van der Waals surface area contributed by atoms with Crippen LogP contribution in [0.4, 0.5) is 11.4 Å². The fraction of sp³-hybridized carbons (Fsp3) is 0.179. The minimum Gasteiger partial charge on any atom is -0.495 e. The van der Waals surface area contributed by atoms with Crippen molar-refractivity contribution in [1.29, 1.82) is 0 Å². The Morgan fingerprint density at radius 2 is 1.71 bits per heavy atom. The van der Waals surface area contributed by atoms with Gasteiger partial charge in [-0.15, -0.1) is 0 Å². The van der Waals surface area contributed by atoms with Crippen molar-refractivity contribution >= 4 is 46.6 Å². The second-order valence-corrected chi connectivity index (χ2v) is 9.77. The number of ketones is 1. The first-order valence-electron chi connectivity index (χ1n) is 11.9. The molecule has 0 aliphatic carbocycles. The van der Waals surface area contributed by atoms with Crippen molar-refractivity contribution in [1.82, 2.24) is 4.90 Å². The molecule has 3 heterocycles. The zero-order chi connectivity index (χ0) is 26.7. The number of anilines is 1. The molecule has 3 aromatic carbocycles. The second kappa shape index (κ2) is 8.81. The number of rotatable bonds is 5. The minimum absolute atomic E-state index is 0.0185. The van der Waals surface area contributed by atoms with Crippen LogP contribution in [-0.2, 0) is 9.59 Å². The van der Waals surface area contributed by atoms with Gasteiger partial charge in [0.05, 0.1) is 29.9 Å². The summed E-state index contributed by atoms with van der Waals surface area (Å²) >= 11 is 6.03. The number of hydrogen-bond acceptors (Lipinski definition) is 7. The molecule has 3 aliphatic heterocycles. The Kier molecular flexibility index (Phi) is 5.53. The van der Waals surface area contributed by atoms with Gasteiger partial charge in [-0.1, -0.05) is 35.9 Å². The largest absolute Gasteiger partial charge is 0.495 e. The van der Waals surface area contributed by atoms with Crippen molar-refractivity contribution in [2.75, 3.05) is 12.0 Å². The average molecular weight is 530 g/mol. The van der Waals surface area contributed by atoms with Crippen LogP contribution < -0.4 is 9.64 Å². The number of nitro benzene ring substituents is 1. The minimum atomic E-state index is -1.02. The Labute approximate surface area is 222 Å². The van der Waals surface area contributed by atoms with Crippen LogP contribution in [0.5, 0.6) is 5.75 Å². The Hall–Kier alpha value is -4.50. The van der Waals surface area contributed by atoms with Crippen LogP contribution in [0, 0.1) is 22.0 Å². The molecule has 3 aromatic rings. The summed E-state index contributed by atoms with van der Waals surface area (Å²) < 4.78 is 5.36. The zero-order valence-corrected chi connectivity index (χ0v) is 20.7. The lowest BCUT2D eigenvalue weighted by Gasteiger charge is -2.35. The highest BCUT2D eigenvalue weighted by Gasteiger charge is 2.64. The van der Waals surface area contributed by atoms with Gasteiger partial charge < -0.3 is 9.64 Å². The molecule has 0 aromatic heterocycles. The molecule has 0 unspecified atom stereocenters. The number of carbonyl (C=O) groups is 3. The molecule has 2 amide bonds. The molecular formula is C28H20ClN3O6. The fourth-order valence-electron chi connectivity index (χ4n) is 5.85. The van der Waals surface area contributed by atoms with Crippen molar-refractivity contribution in [3.8, 4) is 5.75 Å². The van der Waals surface area contributed by atoms with E-state index in [1.165, 1.54) is 19.2 Å². The average Bonchev–Trinajstić information content (AvgIpc) is 3.40. The third-order valence-corrected chi connectivity index (χ3v) is 7.73. The lowest BCUT2D eigenvalue weighted by atomic mass is 9.83. The summed E-state index contributed by atoms with van der Waals surface area (Å²) in [5.41, 5.74) is 1.76. The van der Waals surface area contributed by atoms with Gasteiger partial charge in [0.25, 0.3) is 5.69 Å². The number of ether oxygens (including phenoxy) is 1. The summed E-state index contributed by atoms with van der Waals surface area (Å²) in [4.78, 5) is 55.7. The number of non-ortho nitro benzene ring substituents is 1. The van der Waals surface area contributed by atoms with Crippen LogP contribution in [0.3, 0.4) is 0 Å². The van der Waals surface area contributed by atoms with Crippen LogP contribution >= 0.6 is 11.6 Å². The van der Waals surface area contributed by atoms with Crippen LogP contribution in [0.1, 0.15) is 27.5 Å². The Bertz CT molecular complexity index is 1550. The van der Waals surface area contributed by atoms with Crippen LogP contribution in [0.25, 0.3) is 6.08 Å². The number of nitro groups is 1. The van der Waals surface area contributed by atoms with E-state index in [2.05, 4.69) is 0 Å². The first kappa shape index (κ1) is 23.9. The molecule has 10 heteroatoms. The van der Waals surface area contributed by atoms with Crippen LogP contribution in [-0.4, -0.2) is 40.6 Å². The molecule has 0 radical (unpaired) electrons. The molecule has 0 N–H and O–H groups in total. The molecule has 0 saturated carbocycles. The molecule has 0 bridgehead atoms. The maximum absolute atomic E-state index is 14.1. The van der Waals surface area contributed by atoms with Crippen molar-refractivity contribution < 1.29 is 24.0 Å². The maximum atomic E-state index is 14.1. The van der Waals surface area contributed by atoms with E-state index in [1.807, 2.05) is 30.3 Å². The molecule has 4 atom stereocenters. The second-order valence-electron chi connectivity index (χ2n) is 9.33. The van der Waals surface area contributed by atoms with E-state index in [0.717, 1.165) is 22.1 Å². The Morgan fingerprint density at radius 3 is 2.42 bits per heavy atom. The Morgan fingerprint density at radius 1 is 1.00 bits per heavy atom. The third kappa shape index (κ3) is 3.42. The standard InChI is InChI=1S/C28H20ClN3O6/c1-38-21-11-10-18(32(36)37)14-20(21)31-27(34)22-23(28(31)35)25(26(33)16-6-8-17(29)9-7-16)30-13-12-15-4-2-3-5-19(15)24(22)30/h2-14,22-25H,1H3/t22-,23+,24-,25-/m0/s1. The smallest absolute Gasteiger partial charge is 0.271 e. The topological polar surface area (TPSA) is 110 Å². The summed E-state index contributed by atoms with van der Waals surface area (Å²) in [6.07, 6.45) is 3.63. The fourth-order valence-corrected chi connectivity index (χ4v) is 5.97. The predicted octanol–water partition coefficient (Wildman–Crippen LogP) is 4.66. The number of benzene rings is 3. The van der Waals surface area contributed by atoms with Crippen molar-refractivity contribution in [2.24, 2.45) is 11.8 Å². The molecule has 6 rings (SSSR count). The normalized spacial score (nSPS) is 23.2. The number of carbonyl (C=O) groups excluding carboxylic acids is 3. The lowest BCUT2D eigenvalue weighted by Crippen LogP contribution is -2.44. The maximum Gasteiger partial charge on any atom is 0.271 e. The van der Waals surface area contributed by atoms with E-state index in [4.69, 9.17) is 16.3 Å². The SMILES string of the molecule is COc1ccc([N+](=O)[O-])cc1N1C(=O)[C@@H]2[C@H](C1=O)[C@@H]1c3ccccc3C=CN1[C@@H]2C(=O)c1ccc(Cl)cc1. The van der Waals surface area contributed by atoms with Gasteiger partial charge in [-0.25, -0.2) is 4.90 Å². The predicted molar refractivity (Wildman–Crippen MR) is 139 cm³/mol. The van der Waals surface area contributed by atoms with Gasteiger partial charge >= 0.3 is 0 Å². The molecule has 0 spiro atoms. The number of hydrogen-bond donors (Lipinski definition) is 0. The van der Waals surface area contributed by atoms with Gasteiger partial charge in [-0.2, -0.15) is 0 Å². The van der Waals surface area contributed by atoms with Gasteiger partial charge in [0.2, 0.25) is 11.8 Å². The molecule has 38 heavy (non-hydrogen) atoms. The number of halogens is 1. The summed E-state index contributed by atoms with van der Waals surface area (Å²) in [5.74, 6) is -3.23. The van der Waals surface area contributed by atoms with E-state index in [9.17, 15) is 24.5 Å². The van der Waals surface area contributed by atoms with Gasteiger partial charge in [0, 0.05) is 28.9 Å². The number of fused-ring (bicyclic) bond motifs is 5. The zero-order valence-electron chi connectivity index (χ0n) is 20.0. The van der Waals surface area contributed by atoms with Gasteiger partial charge in [-0.05, 0) is 47.5 Å². The first-order valence-corrected chi connectivity index (χ1v) is 12.2. The summed E-state index contributed by atoms with van der Waals surface area (Å²) in [6.45, 7) is 0. The van der Waals surface area contributed by atoms with Crippen LogP contribution in [0.15, 0.2) is 72.9 Å². The van der Waals surface area contributed by atoms with E-state index >= 15 is 0 Å². The van der Waals surface area contributed by atoms with Crippen LogP contribution in [0.2, 0.25) is 5.02 Å². The van der Waals surface area contributed by atoms with Crippen molar-refractivity contribution in [3.05, 3.63) is 105 Å². The first-order chi connectivity index (χ1) is 18.3. The quantitative estimate of drug-likeness (QED) is 0.205. The highest BCUT2D eigenvalue weighted by atomic mass is 35.5. The molecule has 2 fully saturated rings. The lowest BCUT2D eigenvalue weighted by molar-refractivity contribution is -0.384. The molecular weight excluding hydrogens is 510 g/mol. The number of amides is 2. The number of nitrogens with zero attached hydrogens (tertiary/aromatic N) is 3. The van der Waals surface area contributed by atoms with E-state index in [0.29, 0.717) is 10.6 Å². The highest BCUT2D eigenvalue weighted by Crippen LogP contribution is 2.54. The Balaban J connectivity index is 1.51. The van der Waals surface area contributed by atoms with E-state index in [1.54, 1.807) is 35.4 Å². The summed E-state index contributed by atoms with van der Waals surface area (Å²) in [6, 6.07) is 16.1. The summed E-state index contributed by atoms with van der Waals surface area (Å²) in [7, 11) is 1.35. The molecule has 3 aliphatic rings. The van der Waals surface area contributed by atoms with E-state index < -0.39 is 40.7 Å². The summed E-state index contributed by atoms with van der Waals surface area (Å²) in [5, 5.41) is 11.9. The van der Waals surface area contributed by atoms with Gasteiger partial charge in [-0.3, -0.25) is 24.5 Å². The van der Waals surface area contributed by atoms with E-state index in [-0.39, 0.29) is 22.9 Å².